The molecule has 1 amide bonds. The molecule has 0 aromatic heterocycles. The summed E-state index contributed by atoms with van der Waals surface area (Å²) in [4.78, 5) is 13.6. The van der Waals surface area contributed by atoms with Crippen molar-refractivity contribution in [1.82, 2.24) is 15.5 Å². The zero-order valence-electron chi connectivity index (χ0n) is 9.18. The lowest BCUT2D eigenvalue weighted by Crippen LogP contribution is -2.39. The van der Waals surface area contributed by atoms with Gasteiger partial charge in [-0.1, -0.05) is 0 Å². The number of rotatable bonds is 4. The fourth-order valence-corrected chi connectivity index (χ4v) is 1.33. The number of likely N-dealkylation sites (N-methyl/N-ethyl adjacent to an activating group) is 2. The van der Waals surface area contributed by atoms with Crippen LogP contribution < -0.4 is 10.6 Å². The number of nitrogens with zero attached hydrogens (tertiary/aromatic N) is 1. The molecular formula is C10H19N3O. The molecule has 1 rings (SSSR count). The Labute approximate surface area is 85.3 Å². The van der Waals surface area contributed by atoms with Crippen molar-refractivity contribution >= 4 is 5.91 Å². The molecule has 1 heterocycles. The number of amides is 1. The first kappa shape index (κ1) is 11.2. The number of carbonyl (C=O) groups excluding carboxylic acids is 1. The zero-order valence-corrected chi connectivity index (χ0v) is 9.18. The molecular weight excluding hydrogens is 178 g/mol. The summed E-state index contributed by atoms with van der Waals surface area (Å²) < 4.78 is 0. The third-order valence-electron chi connectivity index (χ3n) is 2.57. The van der Waals surface area contributed by atoms with Gasteiger partial charge in [0.05, 0.1) is 0 Å². The van der Waals surface area contributed by atoms with Gasteiger partial charge in [-0.3, -0.25) is 4.79 Å². The lowest BCUT2D eigenvalue weighted by atomic mass is 10.0. The molecule has 14 heavy (non-hydrogen) atoms. The summed E-state index contributed by atoms with van der Waals surface area (Å²) in [7, 11) is 3.73. The zero-order chi connectivity index (χ0) is 10.6. The van der Waals surface area contributed by atoms with Crippen molar-refractivity contribution in [2.45, 2.75) is 6.92 Å². The molecule has 0 atom stereocenters. The monoisotopic (exact) mass is 197 g/mol. The van der Waals surface area contributed by atoms with E-state index in [9.17, 15) is 4.79 Å². The van der Waals surface area contributed by atoms with E-state index >= 15 is 0 Å². The predicted molar refractivity (Wildman–Crippen MR) is 57.1 cm³/mol. The highest BCUT2D eigenvalue weighted by Gasteiger charge is 2.18. The van der Waals surface area contributed by atoms with Crippen molar-refractivity contribution in [3.8, 4) is 0 Å². The Hall–Kier alpha value is -0.870. The first-order valence-corrected chi connectivity index (χ1v) is 4.96. The van der Waals surface area contributed by atoms with Crippen LogP contribution in [-0.4, -0.2) is 51.1 Å². The first-order valence-electron chi connectivity index (χ1n) is 4.96. The van der Waals surface area contributed by atoms with Gasteiger partial charge >= 0.3 is 0 Å². The second kappa shape index (κ2) is 5.12. The van der Waals surface area contributed by atoms with Gasteiger partial charge in [-0.25, -0.2) is 0 Å². The highest BCUT2D eigenvalue weighted by atomic mass is 16.2. The number of nitrogens with one attached hydrogen (secondary N) is 2. The normalized spacial score (nSPS) is 14.9. The molecule has 2 N–H and O–H groups in total. The maximum atomic E-state index is 11.8. The Morgan fingerprint density at radius 1 is 1.57 bits per heavy atom. The Morgan fingerprint density at radius 2 is 2.21 bits per heavy atom. The van der Waals surface area contributed by atoms with Crippen molar-refractivity contribution in [3.63, 3.8) is 0 Å². The van der Waals surface area contributed by atoms with Gasteiger partial charge in [-0.15, -0.1) is 0 Å². The lowest BCUT2D eigenvalue weighted by molar-refractivity contribution is -0.125. The fourth-order valence-electron chi connectivity index (χ4n) is 1.33. The second-order valence-electron chi connectivity index (χ2n) is 3.66. The van der Waals surface area contributed by atoms with Gasteiger partial charge in [-0.2, -0.15) is 0 Å². The van der Waals surface area contributed by atoms with E-state index in [1.54, 1.807) is 4.90 Å². The van der Waals surface area contributed by atoms with E-state index in [0.29, 0.717) is 0 Å². The van der Waals surface area contributed by atoms with Crippen LogP contribution in [0.1, 0.15) is 6.92 Å². The van der Waals surface area contributed by atoms with Crippen LogP contribution in [0, 0.1) is 0 Å². The molecule has 0 bridgehead atoms. The van der Waals surface area contributed by atoms with Crippen LogP contribution in [0.4, 0.5) is 0 Å². The third-order valence-corrected chi connectivity index (χ3v) is 2.57. The van der Waals surface area contributed by atoms with Gasteiger partial charge in [0, 0.05) is 38.8 Å². The van der Waals surface area contributed by atoms with E-state index in [-0.39, 0.29) is 5.91 Å². The van der Waals surface area contributed by atoms with Crippen molar-refractivity contribution in [2.24, 2.45) is 0 Å². The summed E-state index contributed by atoms with van der Waals surface area (Å²) in [6.07, 6.45) is 0. The summed E-state index contributed by atoms with van der Waals surface area (Å²) in [5.41, 5.74) is 2.15. The predicted octanol–water partition coefficient (Wildman–Crippen LogP) is -0.416. The van der Waals surface area contributed by atoms with Crippen LogP contribution in [-0.2, 0) is 4.79 Å². The van der Waals surface area contributed by atoms with Gasteiger partial charge in [0.1, 0.15) is 0 Å². The van der Waals surface area contributed by atoms with Crippen LogP contribution >= 0.6 is 0 Å². The Balaban J connectivity index is 2.47. The Bertz CT molecular complexity index is 242. The summed E-state index contributed by atoms with van der Waals surface area (Å²) in [6, 6.07) is 0. The summed E-state index contributed by atoms with van der Waals surface area (Å²) >= 11 is 0. The average Bonchev–Trinajstić information content (AvgIpc) is 2.10. The number of hydrogen-bond donors (Lipinski definition) is 2. The largest absolute Gasteiger partial charge is 0.341 e. The average molecular weight is 197 g/mol. The van der Waals surface area contributed by atoms with E-state index in [0.717, 1.165) is 31.8 Å². The minimum absolute atomic E-state index is 0.150. The summed E-state index contributed by atoms with van der Waals surface area (Å²) in [6.45, 7) is 5.25. The molecule has 1 fully saturated rings. The maximum absolute atomic E-state index is 11.8. The lowest BCUT2D eigenvalue weighted by Gasteiger charge is -2.24. The Kier molecular flexibility index (Phi) is 4.10. The number of carbonyl (C=O) groups is 1. The highest BCUT2D eigenvalue weighted by Crippen LogP contribution is 2.10. The van der Waals surface area contributed by atoms with Gasteiger partial charge in [0.25, 0.3) is 0 Å². The molecule has 80 valence electrons. The van der Waals surface area contributed by atoms with E-state index in [2.05, 4.69) is 10.6 Å². The molecule has 4 heteroatoms. The molecule has 0 spiro atoms. The van der Waals surface area contributed by atoms with E-state index in [1.165, 1.54) is 5.57 Å². The number of hydrogen-bond acceptors (Lipinski definition) is 3. The highest BCUT2D eigenvalue weighted by molar-refractivity contribution is 5.93. The molecule has 0 saturated carbocycles. The second-order valence-corrected chi connectivity index (χ2v) is 3.66. The first-order chi connectivity index (χ1) is 6.66. The fraction of sp³-hybridized carbons (Fsp3) is 0.700. The molecule has 0 unspecified atom stereocenters. The molecule has 1 saturated heterocycles. The van der Waals surface area contributed by atoms with Gasteiger partial charge in [0.15, 0.2) is 0 Å². The smallest absolute Gasteiger partial charge is 0.249 e. The van der Waals surface area contributed by atoms with Crippen LogP contribution in [0.25, 0.3) is 0 Å². The molecule has 0 aliphatic carbocycles. The van der Waals surface area contributed by atoms with Crippen LogP contribution in [0.5, 0.6) is 0 Å². The molecule has 0 radical (unpaired) electrons. The van der Waals surface area contributed by atoms with Crippen molar-refractivity contribution in [1.29, 1.82) is 0 Å². The minimum Gasteiger partial charge on any atom is -0.341 e. The minimum atomic E-state index is 0.150. The van der Waals surface area contributed by atoms with Crippen LogP contribution in [0.2, 0.25) is 0 Å². The molecule has 1 aliphatic rings. The van der Waals surface area contributed by atoms with Crippen LogP contribution in [0.15, 0.2) is 11.1 Å². The van der Waals surface area contributed by atoms with Crippen molar-refractivity contribution < 1.29 is 4.79 Å². The van der Waals surface area contributed by atoms with Crippen LogP contribution in [0.3, 0.4) is 0 Å². The molecule has 0 aromatic rings. The van der Waals surface area contributed by atoms with Gasteiger partial charge in [0.2, 0.25) is 5.91 Å². The van der Waals surface area contributed by atoms with E-state index in [4.69, 9.17) is 0 Å². The van der Waals surface area contributed by atoms with Gasteiger partial charge in [-0.05, 0) is 19.5 Å². The standard InChI is InChI=1S/C10H19N3O/c1-8(9-6-12-7-9)10(14)13(3)5-4-11-2/h11-12H,4-7H2,1-3H3. The van der Waals surface area contributed by atoms with Crippen molar-refractivity contribution in [3.05, 3.63) is 11.1 Å². The topological polar surface area (TPSA) is 44.4 Å². The summed E-state index contributed by atoms with van der Waals surface area (Å²) in [5.74, 6) is 0.150. The van der Waals surface area contributed by atoms with Crippen molar-refractivity contribution in [2.75, 3.05) is 40.3 Å². The summed E-state index contributed by atoms with van der Waals surface area (Å²) in [5, 5.41) is 6.17. The third kappa shape index (κ3) is 2.56. The maximum Gasteiger partial charge on any atom is 0.249 e. The molecule has 1 aliphatic heterocycles. The molecule has 0 aromatic carbocycles. The van der Waals surface area contributed by atoms with Gasteiger partial charge < -0.3 is 15.5 Å². The van der Waals surface area contributed by atoms with E-state index in [1.807, 2.05) is 21.0 Å². The molecule has 4 nitrogen and oxygen atoms in total. The van der Waals surface area contributed by atoms with E-state index < -0.39 is 0 Å². The SMILES string of the molecule is CNCCN(C)C(=O)C(C)=C1CNC1. The quantitative estimate of drug-likeness (QED) is 0.602. The Morgan fingerprint density at radius 3 is 2.64 bits per heavy atom.